The van der Waals surface area contributed by atoms with Crippen molar-refractivity contribution in [3.05, 3.63) is 11.6 Å². The van der Waals surface area contributed by atoms with Crippen LogP contribution in [0.3, 0.4) is 0 Å². The molecule has 1 aliphatic carbocycles. The summed E-state index contributed by atoms with van der Waals surface area (Å²) in [6.07, 6.45) is 2.52. The highest BCUT2D eigenvalue weighted by Crippen LogP contribution is 2.13. The van der Waals surface area contributed by atoms with Gasteiger partial charge >= 0.3 is 11.9 Å². The van der Waals surface area contributed by atoms with Gasteiger partial charge in [0.2, 0.25) is 0 Å². The quantitative estimate of drug-likeness (QED) is 0.511. The number of hydrogen-bond acceptors (Lipinski definition) is 5. The van der Waals surface area contributed by atoms with E-state index in [-0.39, 0.29) is 19.0 Å². The van der Waals surface area contributed by atoms with Gasteiger partial charge in [0.25, 0.3) is 0 Å². The third-order valence-electron chi connectivity index (χ3n) is 2.10. The maximum atomic E-state index is 11.2. The topological polar surface area (TPSA) is 69.7 Å². The molecule has 1 rings (SSSR count). The number of esters is 2. The third-order valence-corrected chi connectivity index (χ3v) is 2.10. The first kappa shape index (κ1) is 12.4. The molecule has 0 heterocycles. The van der Waals surface area contributed by atoms with Crippen LogP contribution >= 0.6 is 0 Å². The fourth-order valence-corrected chi connectivity index (χ4v) is 1.33. The smallest absolute Gasteiger partial charge is 0.317 e. The lowest BCUT2D eigenvalue weighted by Crippen LogP contribution is -2.16. The fraction of sp³-hybridized carbons (Fsp3) is 0.545. The zero-order chi connectivity index (χ0) is 12.0. The summed E-state index contributed by atoms with van der Waals surface area (Å²) in [5.74, 6) is -1.28. The second-order valence-electron chi connectivity index (χ2n) is 3.33. The van der Waals surface area contributed by atoms with Crippen molar-refractivity contribution >= 4 is 17.7 Å². The number of Topliss-reactive ketones (excluding diaryl/α,β-unsaturated/α-hetero) is 1. The summed E-state index contributed by atoms with van der Waals surface area (Å²) in [4.78, 5) is 33.2. The summed E-state index contributed by atoms with van der Waals surface area (Å²) in [6, 6.07) is 0. The number of ketones is 1. The molecule has 5 heteroatoms. The average molecular weight is 226 g/mol. The number of allylic oxidation sites excluding steroid dienone is 1. The Kier molecular flexibility index (Phi) is 4.69. The summed E-state index contributed by atoms with van der Waals surface area (Å²) >= 11 is 0. The van der Waals surface area contributed by atoms with E-state index < -0.39 is 18.4 Å². The predicted octanol–water partition coefficient (Wildman–Crippen LogP) is 0.772. The molecule has 16 heavy (non-hydrogen) atoms. The van der Waals surface area contributed by atoms with Crippen molar-refractivity contribution in [2.45, 2.75) is 26.2 Å². The summed E-state index contributed by atoms with van der Waals surface area (Å²) < 4.78 is 9.37. The summed E-state index contributed by atoms with van der Waals surface area (Å²) in [5, 5.41) is 0. The van der Waals surface area contributed by atoms with Crippen LogP contribution in [0.2, 0.25) is 0 Å². The first-order valence-corrected chi connectivity index (χ1v) is 5.17. The summed E-state index contributed by atoms with van der Waals surface area (Å²) in [5.41, 5.74) is 0.511. The monoisotopic (exact) mass is 226 g/mol. The zero-order valence-corrected chi connectivity index (χ0v) is 9.15. The molecule has 0 spiro atoms. The molecule has 88 valence electrons. The lowest BCUT2D eigenvalue weighted by molar-refractivity contribution is -0.153. The average Bonchev–Trinajstić information content (AvgIpc) is 2.61. The molecule has 0 saturated heterocycles. The van der Waals surface area contributed by atoms with Crippen LogP contribution in [-0.4, -0.2) is 30.9 Å². The molecule has 0 saturated carbocycles. The van der Waals surface area contributed by atoms with Crippen molar-refractivity contribution in [1.82, 2.24) is 0 Å². The number of carbonyl (C=O) groups is 3. The SMILES string of the molecule is CCOC(=O)CC(=O)OCC1=CCCC1=O. The normalized spacial score (nSPS) is 14.6. The van der Waals surface area contributed by atoms with Crippen LogP contribution in [0.4, 0.5) is 0 Å². The van der Waals surface area contributed by atoms with Crippen molar-refractivity contribution in [2.24, 2.45) is 0 Å². The van der Waals surface area contributed by atoms with Gasteiger partial charge in [0.05, 0.1) is 6.61 Å². The second kappa shape index (κ2) is 6.05. The van der Waals surface area contributed by atoms with E-state index in [1.807, 2.05) is 0 Å². The Labute approximate surface area is 93.4 Å². The Morgan fingerprint density at radius 2 is 2.00 bits per heavy atom. The lowest BCUT2D eigenvalue weighted by atomic mass is 10.2. The van der Waals surface area contributed by atoms with Gasteiger partial charge in [0.1, 0.15) is 13.0 Å². The van der Waals surface area contributed by atoms with Gasteiger partial charge in [-0.25, -0.2) is 0 Å². The highest BCUT2D eigenvalue weighted by Gasteiger charge is 2.18. The molecule has 0 aliphatic heterocycles. The zero-order valence-electron chi connectivity index (χ0n) is 9.15. The molecule has 1 aliphatic rings. The Hall–Kier alpha value is -1.65. The van der Waals surface area contributed by atoms with Crippen molar-refractivity contribution in [3.8, 4) is 0 Å². The molecule has 5 nitrogen and oxygen atoms in total. The van der Waals surface area contributed by atoms with E-state index in [1.54, 1.807) is 13.0 Å². The molecular formula is C11H14O5. The van der Waals surface area contributed by atoms with E-state index in [0.29, 0.717) is 18.4 Å². The predicted molar refractivity (Wildman–Crippen MR) is 54.5 cm³/mol. The Bertz CT molecular complexity index is 329. The van der Waals surface area contributed by atoms with E-state index in [1.165, 1.54) is 0 Å². The van der Waals surface area contributed by atoms with Crippen LogP contribution in [0, 0.1) is 0 Å². The molecular weight excluding hydrogens is 212 g/mol. The molecule has 0 unspecified atom stereocenters. The second-order valence-corrected chi connectivity index (χ2v) is 3.33. The highest BCUT2D eigenvalue weighted by molar-refractivity contribution is 5.98. The van der Waals surface area contributed by atoms with Gasteiger partial charge in [-0.2, -0.15) is 0 Å². The minimum Gasteiger partial charge on any atom is -0.466 e. The van der Waals surface area contributed by atoms with Crippen LogP contribution in [0.1, 0.15) is 26.2 Å². The minimum absolute atomic E-state index is 0.00364. The van der Waals surface area contributed by atoms with Crippen molar-refractivity contribution in [3.63, 3.8) is 0 Å². The van der Waals surface area contributed by atoms with Gasteiger partial charge in [-0.05, 0) is 13.3 Å². The van der Waals surface area contributed by atoms with Gasteiger partial charge in [0, 0.05) is 12.0 Å². The van der Waals surface area contributed by atoms with E-state index in [9.17, 15) is 14.4 Å². The minimum atomic E-state index is -0.668. The van der Waals surface area contributed by atoms with Crippen LogP contribution in [0.25, 0.3) is 0 Å². The van der Waals surface area contributed by atoms with Crippen LogP contribution in [-0.2, 0) is 23.9 Å². The lowest BCUT2D eigenvalue weighted by Gasteiger charge is -2.04. The molecule has 0 radical (unpaired) electrons. The summed E-state index contributed by atoms with van der Waals surface area (Å²) in [6.45, 7) is 1.85. The fourth-order valence-electron chi connectivity index (χ4n) is 1.33. The van der Waals surface area contributed by atoms with Gasteiger partial charge in [-0.3, -0.25) is 14.4 Å². The Morgan fingerprint density at radius 3 is 2.56 bits per heavy atom. The standard InChI is InChI=1S/C11H14O5/c1-2-15-10(13)6-11(14)16-7-8-4-3-5-9(8)12/h4H,2-3,5-7H2,1H3. The maximum Gasteiger partial charge on any atom is 0.317 e. The molecule has 0 atom stereocenters. The van der Waals surface area contributed by atoms with E-state index >= 15 is 0 Å². The molecule has 0 bridgehead atoms. The van der Waals surface area contributed by atoms with Gasteiger partial charge < -0.3 is 9.47 Å². The number of carbonyl (C=O) groups excluding carboxylic acids is 3. The summed E-state index contributed by atoms with van der Waals surface area (Å²) in [7, 11) is 0. The largest absolute Gasteiger partial charge is 0.466 e. The van der Waals surface area contributed by atoms with Gasteiger partial charge in [-0.1, -0.05) is 6.08 Å². The number of rotatable bonds is 5. The van der Waals surface area contributed by atoms with Crippen molar-refractivity contribution in [2.75, 3.05) is 13.2 Å². The van der Waals surface area contributed by atoms with Gasteiger partial charge in [-0.15, -0.1) is 0 Å². The molecule has 0 fully saturated rings. The molecule has 0 N–H and O–H groups in total. The maximum absolute atomic E-state index is 11.2. The molecule has 0 amide bonds. The van der Waals surface area contributed by atoms with Crippen molar-refractivity contribution in [1.29, 1.82) is 0 Å². The number of hydrogen-bond donors (Lipinski definition) is 0. The van der Waals surface area contributed by atoms with Crippen molar-refractivity contribution < 1.29 is 23.9 Å². The number of ether oxygens (including phenoxy) is 2. The van der Waals surface area contributed by atoms with Crippen LogP contribution in [0.5, 0.6) is 0 Å². The molecule has 0 aromatic carbocycles. The van der Waals surface area contributed by atoms with E-state index in [2.05, 4.69) is 4.74 Å². The third kappa shape index (κ3) is 3.84. The molecule has 0 aromatic rings. The van der Waals surface area contributed by atoms with E-state index in [4.69, 9.17) is 4.74 Å². The molecule has 0 aromatic heterocycles. The Balaban J connectivity index is 2.25. The Morgan fingerprint density at radius 1 is 1.31 bits per heavy atom. The van der Waals surface area contributed by atoms with Crippen LogP contribution in [0.15, 0.2) is 11.6 Å². The van der Waals surface area contributed by atoms with E-state index in [0.717, 1.165) is 0 Å². The first-order valence-electron chi connectivity index (χ1n) is 5.17. The van der Waals surface area contributed by atoms with Crippen LogP contribution < -0.4 is 0 Å². The highest BCUT2D eigenvalue weighted by atomic mass is 16.6. The van der Waals surface area contributed by atoms with Gasteiger partial charge in [0.15, 0.2) is 5.78 Å². The first-order chi connectivity index (χ1) is 7.63.